The number of amides is 1. The minimum Gasteiger partial charge on any atom is -0.445 e. The van der Waals surface area contributed by atoms with E-state index in [0.29, 0.717) is 19.4 Å². The third kappa shape index (κ3) is 11.3. The van der Waals surface area contributed by atoms with Crippen molar-refractivity contribution in [2.45, 2.75) is 70.6 Å². The van der Waals surface area contributed by atoms with Gasteiger partial charge in [0.25, 0.3) is 0 Å². The molecular formula is C21H34N2O3SSi. The van der Waals surface area contributed by atoms with Crippen LogP contribution < -0.4 is 10.0 Å². The highest BCUT2D eigenvalue weighted by Gasteiger charge is 2.22. The van der Waals surface area contributed by atoms with Crippen LogP contribution in [0, 0.1) is 11.5 Å². The van der Waals surface area contributed by atoms with Crippen LogP contribution in [-0.4, -0.2) is 35.7 Å². The summed E-state index contributed by atoms with van der Waals surface area (Å²) >= 11 is 0. The highest BCUT2D eigenvalue weighted by atomic mass is 32.2. The Labute approximate surface area is 173 Å². The minimum absolute atomic E-state index is 0.0571. The van der Waals surface area contributed by atoms with E-state index in [2.05, 4.69) is 41.1 Å². The lowest BCUT2D eigenvalue weighted by molar-refractivity contribution is 0.139. The first-order valence-corrected chi connectivity index (χ1v) is 14.2. The minimum atomic E-state index is -1.45. The monoisotopic (exact) mass is 422 g/mol. The predicted octanol–water partition coefficient (Wildman–Crippen LogP) is 3.99. The summed E-state index contributed by atoms with van der Waals surface area (Å²) in [5.41, 5.74) is 4.28. The maximum Gasteiger partial charge on any atom is 0.407 e. The van der Waals surface area contributed by atoms with E-state index in [-0.39, 0.29) is 17.4 Å². The molecule has 0 bridgehead atoms. The molecule has 1 aromatic rings. The zero-order valence-corrected chi connectivity index (χ0v) is 19.7. The number of ether oxygens (including phenoxy) is 1. The van der Waals surface area contributed by atoms with Crippen molar-refractivity contribution in [3.8, 4) is 11.5 Å². The summed E-state index contributed by atoms with van der Waals surface area (Å²) in [5, 5.41) is 2.76. The Bertz CT molecular complexity index is 700. The Kier molecular flexibility index (Phi) is 9.94. The van der Waals surface area contributed by atoms with Crippen molar-refractivity contribution in [3.05, 3.63) is 35.9 Å². The van der Waals surface area contributed by atoms with E-state index in [0.717, 1.165) is 5.56 Å². The van der Waals surface area contributed by atoms with Crippen LogP contribution in [0.4, 0.5) is 4.79 Å². The third-order valence-corrected chi connectivity index (χ3v) is 6.20. The maximum atomic E-state index is 12.4. The summed E-state index contributed by atoms with van der Waals surface area (Å²) in [6.45, 7) is 13.0. The van der Waals surface area contributed by atoms with Gasteiger partial charge < -0.3 is 10.1 Å². The van der Waals surface area contributed by atoms with Crippen LogP contribution in [0.1, 0.15) is 39.2 Å². The van der Waals surface area contributed by atoms with Gasteiger partial charge in [0.05, 0.1) is 15.7 Å². The average Bonchev–Trinajstić information content (AvgIpc) is 2.58. The molecule has 2 atom stereocenters. The van der Waals surface area contributed by atoms with Crippen LogP contribution in [0.3, 0.4) is 0 Å². The topological polar surface area (TPSA) is 67.4 Å². The van der Waals surface area contributed by atoms with E-state index in [4.69, 9.17) is 4.74 Å². The van der Waals surface area contributed by atoms with Crippen molar-refractivity contribution in [3.63, 3.8) is 0 Å². The van der Waals surface area contributed by atoms with Crippen LogP contribution in [0.5, 0.6) is 0 Å². The van der Waals surface area contributed by atoms with Crippen LogP contribution in [0.15, 0.2) is 30.3 Å². The zero-order chi connectivity index (χ0) is 21.2. The molecule has 0 aliphatic rings. The van der Waals surface area contributed by atoms with E-state index in [1.54, 1.807) is 0 Å². The summed E-state index contributed by atoms with van der Waals surface area (Å²) in [7, 11) is -2.63. The zero-order valence-electron chi connectivity index (χ0n) is 17.9. The van der Waals surface area contributed by atoms with Gasteiger partial charge in [-0.2, -0.15) is 0 Å². The van der Waals surface area contributed by atoms with E-state index in [1.165, 1.54) is 0 Å². The Hall–Kier alpha value is -1.62. The molecule has 28 heavy (non-hydrogen) atoms. The van der Waals surface area contributed by atoms with E-state index >= 15 is 0 Å². The predicted molar refractivity (Wildman–Crippen MR) is 120 cm³/mol. The molecule has 0 heterocycles. The molecule has 0 saturated heterocycles. The molecule has 0 unspecified atom stereocenters. The molecule has 0 aromatic heterocycles. The molecule has 7 heteroatoms. The standard InChI is InChI=1S/C21H34N2O3SSi/c1-21(2,3)27(25)23-19(13-10-16-28(4,5)6)14-15-22-20(24)26-17-18-11-8-7-9-12-18/h7-9,11-12,19,23H,13-15,17H2,1-6H3,(H,22,24)/t19-,27+/m0/s1. The van der Waals surface area contributed by atoms with Gasteiger partial charge in [-0.05, 0) is 32.8 Å². The average molecular weight is 423 g/mol. The Morgan fingerprint density at radius 2 is 1.86 bits per heavy atom. The SMILES string of the molecule is CC(C)(C)[S@@](=O)N[C@@H](CC#C[Si](C)(C)C)CCNC(=O)OCc1ccccc1. The number of alkyl carbamates (subject to hydrolysis) is 1. The molecule has 2 N–H and O–H groups in total. The van der Waals surface area contributed by atoms with Gasteiger partial charge in [0.2, 0.25) is 0 Å². The Balaban J connectivity index is 2.51. The first kappa shape index (κ1) is 24.4. The normalized spacial score (nSPS) is 13.8. The van der Waals surface area contributed by atoms with Crippen LogP contribution in [-0.2, 0) is 22.3 Å². The quantitative estimate of drug-likeness (QED) is 0.492. The summed E-state index contributed by atoms with van der Waals surface area (Å²) in [6.07, 6.45) is 0.780. The second kappa shape index (κ2) is 11.4. The molecule has 1 aromatic carbocycles. The van der Waals surface area contributed by atoms with Gasteiger partial charge in [-0.1, -0.05) is 50.0 Å². The van der Waals surface area contributed by atoms with E-state index in [9.17, 15) is 9.00 Å². The van der Waals surface area contributed by atoms with Gasteiger partial charge >= 0.3 is 6.09 Å². The van der Waals surface area contributed by atoms with Crippen LogP contribution in [0.2, 0.25) is 19.6 Å². The molecular weight excluding hydrogens is 388 g/mol. The first-order chi connectivity index (χ1) is 13.0. The van der Waals surface area contributed by atoms with Crippen molar-refractivity contribution in [1.82, 2.24) is 10.0 Å². The number of carbonyl (C=O) groups is 1. The lowest BCUT2D eigenvalue weighted by Gasteiger charge is -2.23. The summed E-state index contributed by atoms with van der Waals surface area (Å²) < 4.78 is 20.5. The number of hydrogen-bond acceptors (Lipinski definition) is 3. The smallest absolute Gasteiger partial charge is 0.407 e. The number of benzene rings is 1. The number of rotatable bonds is 8. The molecule has 0 radical (unpaired) electrons. The Morgan fingerprint density at radius 3 is 2.43 bits per heavy atom. The van der Waals surface area contributed by atoms with Gasteiger partial charge in [-0.25, -0.2) is 13.7 Å². The summed E-state index contributed by atoms with van der Waals surface area (Å²) in [5.74, 6) is 3.24. The van der Waals surface area contributed by atoms with E-state index in [1.807, 2.05) is 51.1 Å². The van der Waals surface area contributed by atoms with Crippen LogP contribution in [0.25, 0.3) is 0 Å². The van der Waals surface area contributed by atoms with Crippen molar-refractivity contribution in [2.24, 2.45) is 0 Å². The van der Waals surface area contributed by atoms with Crippen molar-refractivity contribution in [2.75, 3.05) is 6.54 Å². The van der Waals surface area contributed by atoms with Gasteiger partial charge in [0.15, 0.2) is 0 Å². The molecule has 1 rings (SSSR count). The number of hydrogen-bond donors (Lipinski definition) is 2. The molecule has 156 valence electrons. The fourth-order valence-electron chi connectivity index (χ4n) is 2.09. The van der Waals surface area contributed by atoms with Gasteiger partial charge in [-0.15, -0.1) is 11.5 Å². The largest absolute Gasteiger partial charge is 0.445 e. The van der Waals surface area contributed by atoms with Crippen molar-refractivity contribution < 1.29 is 13.7 Å². The highest BCUT2D eigenvalue weighted by Crippen LogP contribution is 2.11. The molecule has 0 saturated carbocycles. The number of nitrogens with one attached hydrogen (secondary N) is 2. The Morgan fingerprint density at radius 1 is 1.21 bits per heavy atom. The number of carbonyl (C=O) groups excluding carboxylic acids is 1. The third-order valence-electron chi connectivity index (χ3n) is 3.62. The summed E-state index contributed by atoms with van der Waals surface area (Å²) in [4.78, 5) is 11.9. The highest BCUT2D eigenvalue weighted by molar-refractivity contribution is 7.84. The molecule has 0 aliphatic heterocycles. The molecule has 0 aliphatic carbocycles. The summed E-state index contributed by atoms with van der Waals surface area (Å²) in [6, 6.07) is 9.49. The van der Waals surface area contributed by atoms with Gasteiger partial charge in [0, 0.05) is 19.0 Å². The lowest BCUT2D eigenvalue weighted by Crippen LogP contribution is -2.41. The first-order valence-electron chi connectivity index (χ1n) is 9.60. The molecule has 1 amide bonds. The lowest BCUT2D eigenvalue weighted by atomic mass is 10.1. The van der Waals surface area contributed by atoms with Gasteiger partial charge in [0.1, 0.15) is 14.7 Å². The molecule has 5 nitrogen and oxygen atoms in total. The molecule has 0 spiro atoms. The second-order valence-corrected chi connectivity index (χ2v) is 15.5. The fourth-order valence-corrected chi connectivity index (χ4v) is 3.58. The maximum absolute atomic E-state index is 12.4. The van der Waals surface area contributed by atoms with Crippen LogP contribution >= 0.6 is 0 Å². The molecule has 0 fully saturated rings. The second-order valence-electron chi connectivity index (χ2n) is 8.73. The van der Waals surface area contributed by atoms with Gasteiger partial charge in [-0.3, -0.25) is 0 Å². The fraction of sp³-hybridized carbons (Fsp3) is 0.571. The van der Waals surface area contributed by atoms with E-state index < -0.39 is 25.2 Å². The van der Waals surface area contributed by atoms with Crippen molar-refractivity contribution in [1.29, 1.82) is 0 Å². The van der Waals surface area contributed by atoms with Crippen molar-refractivity contribution >= 4 is 25.2 Å².